The molecule has 5 aliphatic rings. The van der Waals surface area contributed by atoms with Gasteiger partial charge in [0.1, 0.15) is 0 Å². The molecule has 8 heteroatoms. The van der Waals surface area contributed by atoms with Gasteiger partial charge < -0.3 is 11.5 Å². The van der Waals surface area contributed by atoms with Gasteiger partial charge in [-0.1, -0.05) is 12.2 Å². The Labute approximate surface area is 183 Å². The zero-order valence-electron chi connectivity index (χ0n) is 16.9. The summed E-state index contributed by atoms with van der Waals surface area (Å²) < 4.78 is 0. The number of amides is 4. The third-order valence-corrected chi connectivity index (χ3v) is 7.31. The Hall–Kier alpha value is -3.94. The summed E-state index contributed by atoms with van der Waals surface area (Å²) in [5.74, 6) is -4.91. The fourth-order valence-electron chi connectivity index (χ4n) is 5.98. The maximum absolute atomic E-state index is 13.4. The monoisotopic (exact) mass is 428 g/mol. The van der Waals surface area contributed by atoms with Crippen molar-refractivity contribution >= 4 is 46.4 Å². The fraction of sp³-hybridized carbons (Fsp3) is 0.250. The molecule has 4 atom stereocenters. The van der Waals surface area contributed by atoms with Crippen LogP contribution in [-0.2, 0) is 19.2 Å². The van der Waals surface area contributed by atoms with Gasteiger partial charge in [-0.25, -0.2) is 0 Å². The van der Waals surface area contributed by atoms with Crippen molar-refractivity contribution in [2.75, 3.05) is 21.3 Å². The van der Waals surface area contributed by atoms with E-state index in [1.807, 2.05) is 12.2 Å². The van der Waals surface area contributed by atoms with Crippen LogP contribution in [0.15, 0.2) is 60.7 Å². The maximum atomic E-state index is 13.4. The molecule has 1 saturated carbocycles. The summed E-state index contributed by atoms with van der Waals surface area (Å²) in [7, 11) is 0. The second kappa shape index (κ2) is 6.29. The number of nitrogens with two attached hydrogens (primary N) is 2. The minimum Gasteiger partial charge on any atom is -0.399 e. The Morgan fingerprint density at radius 2 is 0.781 bits per heavy atom. The number of benzene rings is 2. The van der Waals surface area contributed by atoms with E-state index in [1.165, 1.54) is 9.80 Å². The number of nitrogens with zero attached hydrogens (tertiary/aromatic N) is 2. The lowest BCUT2D eigenvalue weighted by Crippen LogP contribution is -2.50. The smallest absolute Gasteiger partial charge is 0.238 e. The minimum atomic E-state index is -0.653. The average molecular weight is 428 g/mol. The number of carbonyl (C=O) groups is 4. The van der Waals surface area contributed by atoms with Crippen LogP contribution in [0.3, 0.4) is 0 Å². The number of hydrogen-bond donors (Lipinski definition) is 2. The highest BCUT2D eigenvalue weighted by atomic mass is 16.2. The van der Waals surface area contributed by atoms with Crippen LogP contribution in [-0.4, -0.2) is 23.6 Å². The van der Waals surface area contributed by atoms with Crippen LogP contribution in [0.5, 0.6) is 0 Å². The highest BCUT2D eigenvalue weighted by molar-refractivity contribution is 6.26. The second-order valence-corrected chi connectivity index (χ2v) is 8.85. The highest BCUT2D eigenvalue weighted by Crippen LogP contribution is 2.58. The van der Waals surface area contributed by atoms with Crippen molar-refractivity contribution in [2.45, 2.75) is 0 Å². The first kappa shape index (κ1) is 18.8. The minimum absolute atomic E-state index is 0.325. The molecular formula is C24H20N4O4. The molecule has 0 radical (unpaired) electrons. The Balaban J connectivity index is 1.39. The van der Waals surface area contributed by atoms with Gasteiger partial charge in [-0.3, -0.25) is 29.0 Å². The standard InChI is InChI=1S/C24H20N4O4/c25-11-1-5-13(6-2-11)27-21(29)17-15-9-10-16(18(17)22(27)30)20-19(15)23(31)28(24(20)32)14-7-3-12(26)4-8-14/h1-10,15-20H,25-26H2. The predicted molar refractivity (Wildman–Crippen MR) is 117 cm³/mol. The molecule has 8 nitrogen and oxygen atoms in total. The molecule has 7 rings (SSSR count). The van der Waals surface area contributed by atoms with Crippen molar-refractivity contribution < 1.29 is 19.2 Å². The van der Waals surface area contributed by atoms with Gasteiger partial charge in [-0.2, -0.15) is 0 Å². The zero-order chi connectivity index (χ0) is 22.3. The van der Waals surface area contributed by atoms with E-state index in [1.54, 1.807) is 48.5 Å². The van der Waals surface area contributed by atoms with Crippen LogP contribution in [0.25, 0.3) is 0 Å². The topological polar surface area (TPSA) is 127 Å². The normalized spacial score (nSPS) is 32.6. The van der Waals surface area contributed by atoms with Gasteiger partial charge in [-0.05, 0) is 48.5 Å². The summed E-state index contributed by atoms with van der Waals surface area (Å²) in [6.07, 6.45) is 3.70. The van der Waals surface area contributed by atoms with Gasteiger partial charge in [0, 0.05) is 23.2 Å². The van der Waals surface area contributed by atoms with Gasteiger partial charge >= 0.3 is 0 Å². The second-order valence-electron chi connectivity index (χ2n) is 8.85. The van der Waals surface area contributed by atoms with Crippen LogP contribution in [0, 0.1) is 35.5 Å². The van der Waals surface area contributed by atoms with Crippen molar-refractivity contribution in [3.05, 3.63) is 60.7 Å². The lowest BCUT2D eigenvalue weighted by atomic mass is 9.54. The summed E-state index contributed by atoms with van der Waals surface area (Å²) in [4.78, 5) is 56.0. The van der Waals surface area contributed by atoms with Crippen LogP contribution >= 0.6 is 0 Å². The molecule has 2 heterocycles. The first-order valence-electron chi connectivity index (χ1n) is 10.5. The van der Waals surface area contributed by atoms with Crippen molar-refractivity contribution in [3.8, 4) is 0 Å². The van der Waals surface area contributed by atoms with Crippen molar-refractivity contribution in [2.24, 2.45) is 35.5 Å². The molecule has 0 aromatic heterocycles. The Morgan fingerprint density at radius 3 is 1.06 bits per heavy atom. The first-order chi connectivity index (χ1) is 15.4. The van der Waals surface area contributed by atoms with Gasteiger partial charge in [0.2, 0.25) is 23.6 Å². The van der Waals surface area contributed by atoms with Crippen LogP contribution in [0.4, 0.5) is 22.7 Å². The lowest BCUT2D eigenvalue weighted by molar-refractivity contribution is -0.137. The third kappa shape index (κ3) is 2.26. The van der Waals surface area contributed by atoms with E-state index in [0.717, 1.165) is 0 Å². The van der Waals surface area contributed by atoms with Crippen LogP contribution in [0.2, 0.25) is 0 Å². The number of rotatable bonds is 2. The van der Waals surface area contributed by atoms with Gasteiger partial charge in [0.05, 0.1) is 35.0 Å². The van der Waals surface area contributed by atoms with Gasteiger partial charge in [0.25, 0.3) is 0 Å². The number of anilines is 4. The average Bonchev–Trinajstić information content (AvgIpc) is 3.23. The SMILES string of the molecule is Nc1ccc(N2C(=O)C3C4C=CC(C3C2=O)C2C(=O)N(c3ccc(N)cc3)C(=O)C42)cc1. The molecule has 4 amide bonds. The number of carbonyl (C=O) groups excluding carboxylic acids is 4. The molecule has 2 saturated heterocycles. The van der Waals surface area contributed by atoms with Gasteiger partial charge in [0.15, 0.2) is 0 Å². The number of imide groups is 2. The molecule has 4 N–H and O–H groups in total. The highest BCUT2D eigenvalue weighted by Gasteiger charge is 2.68. The van der Waals surface area contributed by atoms with E-state index in [-0.39, 0.29) is 23.6 Å². The molecule has 160 valence electrons. The Bertz CT molecular complexity index is 1080. The molecule has 2 bridgehead atoms. The van der Waals surface area contributed by atoms with Crippen molar-refractivity contribution in [3.63, 3.8) is 0 Å². The third-order valence-electron chi connectivity index (χ3n) is 7.31. The zero-order valence-corrected chi connectivity index (χ0v) is 16.9. The number of hydrogen-bond acceptors (Lipinski definition) is 6. The fourth-order valence-corrected chi connectivity index (χ4v) is 5.98. The van der Waals surface area contributed by atoms with Gasteiger partial charge in [-0.15, -0.1) is 0 Å². The molecule has 32 heavy (non-hydrogen) atoms. The summed E-state index contributed by atoms with van der Waals surface area (Å²) in [6.45, 7) is 0. The van der Waals surface area contributed by atoms with E-state index < -0.39 is 35.5 Å². The summed E-state index contributed by atoms with van der Waals surface area (Å²) in [6, 6.07) is 13.1. The van der Waals surface area contributed by atoms with E-state index in [0.29, 0.717) is 22.7 Å². The summed E-state index contributed by atoms with van der Waals surface area (Å²) in [5, 5.41) is 0. The van der Waals surface area contributed by atoms with Crippen molar-refractivity contribution in [1.82, 2.24) is 0 Å². The maximum Gasteiger partial charge on any atom is 0.238 e. The molecule has 3 fully saturated rings. The lowest BCUT2D eigenvalue weighted by Gasteiger charge is -2.44. The molecule has 4 unspecified atom stereocenters. The number of nitrogen functional groups attached to an aromatic ring is 2. The molecule has 2 aromatic carbocycles. The molecule has 0 spiro atoms. The molecular weight excluding hydrogens is 408 g/mol. The van der Waals surface area contributed by atoms with Crippen LogP contribution in [0.1, 0.15) is 0 Å². The summed E-state index contributed by atoms with van der Waals surface area (Å²) in [5.41, 5.74) is 13.4. The van der Waals surface area contributed by atoms with E-state index >= 15 is 0 Å². The Morgan fingerprint density at radius 1 is 0.500 bits per heavy atom. The molecule has 2 aromatic rings. The van der Waals surface area contributed by atoms with Crippen molar-refractivity contribution in [1.29, 1.82) is 0 Å². The van der Waals surface area contributed by atoms with Crippen LogP contribution < -0.4 is 21.3 Å². The first-order valence-corrected chi connectivity index (χ1v) is 10.5. The largest absolute Gasteiger partial charge is 0.399 e. The van der Waals surface area contributed by atoms with E-state index in [9.17, 15) is 19.2 Å². The molecule has 3 aliphatic carbocycles. The Kier molecular flexibility index (Phi) is 3.69. The van der Waals surface area contributed by atoms with E-state index in [4.69, 9.17) is 11.5 Å². The predicted octanol–water partition coefficient (Wildman–Crippen LogP) is 1.58. The molecule has 2 aliphatic heterocycles. The summed E-state index contributed by atoms with van der Waals surface area (Å²) >= 11 is 0. The quantitative estimate of drug-likeness (QED) is 0.425. The number of allylic oxidation sites excluding steroid dienone is 2. The van der Waals surface area contributed by atoms with E-state index in [2.05, 4.69) is 0 Å².